The maximum Gasteiger partial charge on any atom is 0.229 e. The smallest absolute Gasteiger partial charge is 0.229 e. The molecular formula is C16H26N3O+. The molecule has 1 aromatic rings. The molecule has 4 heteroatoms. The van der Waals surface area contributed by atoms with Crippen molar-refractivity contribution in [2.75, 3.05) is 43.4 Å². The Labute approximate surface area is 121 Å². The molecule has 0 aromatic heterocycles. The fraction of sp³-hybridized carbons (Fsp3) is 0.562. The number of nitrogens with zero attached hydrogens (tertiary/aromatic N) is 1. The van der Waals surface area contributed by atoms with Crippen molar-refractivity contribution in [3.8, 4) is 0 Å². The maximum atomic E-state index is 12.2. The fourth-order valence-corrected chi connectivity index (χ4v) is 2.29. The van der Waals surface area contributed by atoms with E-state index in [-0.39, 0.29) is 11.3 Å². The van der Waals surface area contributed by atoms with Crippen molar-refractivity contribution >= 4 is 17.3 Å². The highest BCUT2D eigenvalue weighted by molar-refractivity contribution is 5.97. The predicted molar refractivity (Wildman–Crippen MR) is 83.4 cm³/mol. The number of para-hydroxylation sites is 2. The molecule has 1 aliphatic heterocycles. The van der Waals surface area contributed by atoms with Gasteiger partial charge in [-0.25, -0.2) is 0 Å². The van der Waals surface area contributed by atoms with Crippen LogP contribution >= 0.6 is 0 Å². The number of anilines is 2. The summed E-state index contributed by atoms with van der Waals surface area (Å²) in [5.41, 5.74) is 1.68. The number of quaternary nitrogens is 1. The lowest BCUT2D eigenvalue weighted by molar-refractivity contribution is -0.880. The van der Waals surface area contributed by atoms with Crippen LogP contribution in [0, 0.1) is 5.41 Å². The minimum absolute atomic E-state index is 0.0599. The molecule has 0 atom stereocenters. The first-order valence-corrected chi connectivity index (χ1v) is 7.34. The van der Waals surface area contributed by atoms with E-state index in [0.717, 1.165) is 37.6 Å². The molecule has 1 aliphatic rings. The number of hydrogen-bond acceptors (Lipinski definition) is 2. The van der Waals surface area contributed by atoms with Crippen LogP contribution in [-0.2, 0) is 4.79 Å². The highest BCUT2D eigenvalue weighted by Crippen LogP contribution is 2.27. The topological polar surface area (TPSA) is 36.8 Å². The largest absolute Gasteiger partial charge is 0.359 e. The zero-order chi connectivity index (χ0) is 14.8. The summed E-state index contributed by atoms with van der Waals surface area (Å²) >= 11 is 0. The number of piperazine rings is 1. The molecule has 0 bridgehead atoms. The lowest BCUT2D eigenvalue weighted by atomic mass is 9.95. The summed E-state index contributed by atoms with van der Waals surface area (Å²) in [4.78, 5) is 16.1. The number of rotatable bonds is 2. The third-order valence-electron chi connectivity index (χ3n) is 3.79. The van der Waals surface area contributed by atoms with Gasteiger partial charge in [0.1, 0.15) is 0 Å². The molecule has 0 unspecified atom stereocenters. The highest BCUT2D eigenvalue weighted by Gasteiger charge is 2.24. The van der Waals surface area contributed by atoms with Crippen LogP contribution in [0.5, 0.6) is 0 Å². The Kier molecular flexibility index (Phi) is 4.33. The van der Waals surface area contributed by atoms with E-state index in [4.69, 9.17) is 0 Å². The Morgan fingerprint density at radius 1 is 1.20 bits per heavy atom. The average molecular weight is 276 g/mol. The van der Waals surface area contributed by atoms with Crippen molar-refractivity contribution in [1.29, 1.82) is 0 Å². The van der Waals surface area contributed by atoms with Crippen molar-refractivity contribution in [3.63, 3.8) is 0 Å². The van der Waals surface area contributed by atoms with Crippen LogP contribution in [0.1, 0.15) is 20.8 Å². The Morgan fingerprint density at radius 2 is 1.80 bits per heavy atom. The van der Waals surface area contributed by atoms with Gasteiger partial charge in [0.05, 0.1) is 44.6 Å². The summed E-state index contributed by atoms with van der Waals surface area (Å²) in [6.45, 7) is 10.2. The second-order valence-electron chi connectivity index (χ2n) is 6.67. The minimum Gasteiger partial charge on any atom is -0.359 e. The summed E-state index contributed by atoms with van der Waals surface area (Å²) in [6, 6.07) is 8.10. The number of carbonyl (C=O) groups excluding carboxylic acids is 1. The average Bonchev–Trinajstić information content (AvgIpc) is 2.39. The monoisotopic (exact) mass is 276 g/mol. The zero-order valence-corrected chi connectivity index (χ0v) is 13.0. The second kappa shape index (κ2) is 5.83. The molecule has 0 radical (unpaired) electrons. The number of carbonyl (C=O) groups is 1. The standard InChI is InChI=1S/C16H25N3O/c1-16(2,3)15(20)17-13-7-5-6-8-14(13)19-11-9-18(4)10-12-19/h5-8H,9-12H2,1-4H3,(H,17,20)/p+1. The molecule has 0 aliphatic carbocycles. The van der Waals surface area contributed by atoms with Gasteiger partial charge in [0.25, 0.3) is 0 Å². The molecule has 0 saturated carbocycles. The lowest BCUT2D eigenvalue weighted by Gasteiger charge is -2.33. The lowest BCUT2D eigenvalue weighted by Crippen LogP contribution is -3.12. The highest BCUT2D eigenvalue weighted by atomic mass is 16.2. The summed E-state index contributed by atoms with van der Waals surface area (Å²) in [5, 5.41) is 3.07. The van der Waals surface area contributed by atoms with Crippen LogP contribution in [0.3, 0.4) is 0 Å². The predicted octanol–water partition coefficient (Wildman–Crippen LogP) is 1.01. The molecule has 0 spiro atoms. The quantitative estimate of drug-likeness (QED) is 0.846. The molecule has 1 heterocycles. The van der Waals surface area contributed by atoms with Gasteiger partial charge in [0, 0.05) is 5.41 Å². The van der Waals surface area contributed by atoms with Crippen LogP contribution in [0.4, 0.5) is 11.4 Å². The summed E-state index contributed by atoms with van der Waals surface area (Å²) in [7, 11) is 2.23. The summed E-state index contributed by atoms with van der Waals surface area (Å²) in [5.74, 6) is 0.0599. The van der Waals surface area contributed by atoms with Gasteiger partial charge in [-0.05, 0) is 12.1 Å². The van der Waals surface area contributed by atoms with E-state index in [0.29, 0.717) is 0 Å². The van der Waals surface area contributed by atoms with Crippen LogP contribution in [0.2, 0.25) is 0 Å². The summed E-state index contributed by atoms with van der Waals surface area (Å²) in [6.07, 6.45) is 0. The van der Waals surface area contributed by atoms with E-state index in [9.17, 15) is 4.79 Å². The molecule has 1 aromatic carbocycles. The van der Waals surface area contributed by atoms with Gasteiger partial charge >= 0.3 is 0 Å². The van der Waals surface area contributed by atoms with Crippen LogP contribution in [0.25, 0.3) is 0 Å². The molecule has 20 heavy (non-hydrogen) atoms. The van der Waals surface area contributed by atoms with E-state index in [1.54, 1.807) is 4.90 Å². The molecular weight excluding hydrogens is 250 g/mol. The first-order chi connectivity index (χ1) is 9.38. The van der Waals surface area contributed by atoms with Gasteiger partial charge in [-0.2, -0.15) is 0 Å². The van der Waals surface area contributed by atoms with E-state index >= 15 is 0 Å². The third kappa shape index (κ3) is 3.51. The van der Waals surface area contributed by atoms with Crippen molar-refractivity contribution in [2.24, 2.45) is 5.41 Å². The molecule has 1 saturated heterocycles. The molecule has 2 N–H and O–H groups in total. The van der Waals surface area contributed by atoms with Gasteiger partial charge < -0.3 is 15.1 Å². The zero-order valence-electron chi connectivity index (χ0n) is 13.0. The van der Waals surface area contributed by atoms with Crippen molar-refractivity contribution in [1.82, 2.24) is 0 Å². The Hall–Kier alpha value is -1.55. The van der Waals surface area contributed by atoms with E-state index < -0.39 is 0 Å². The molecule has 1 amide bonds. The number of benzene rings is 1. The fourth-order valence-electron chi connectivity index (χ4n) is 2.29. The normalized spacial score (nSPS) is 17.1. The summed E-state index contributed by atoms with van der Waals surface area (Å²) < 4.78 is 0. The first-order valence-electron chi connectivity index (χ1n) is 7.34. The van der Waals surface area contributed by atoms with E-state index in [2.05, 4.69) is 23.3 Å². The molecule has 110 valence electrons. The first kappa shape index (κ1) is 14.9. The van der Waals surface area contributed by atoms with Gasteiger partial charge in [-0.1, -0.05) is 32.9 Å². The Morgan fingerprint density at radius 3 is 2.40 bits per heavy atom. The number of hydrogen-bond donors (Lipinski definition) is 2. The number of amides is 1. The molecule has 2 rings (SSSR count). The SMILES string of the molecule is C[NH+]1CCN(c2ccccc2NC(=O)C(C)(C)C)CC1. The minimum atomic E-state index is -0.376. The van der Waals surface area contributed by atoms with Gasteiger partial charge in [0.2, 0.25) is 5.91 Å². The van der Waals surface area contributed by atoms with E-state index in [1.807, 2.05) is 39.0 Å². The molecule has 1 fully saturated rings. The number of nitrogens with one attached hydrogen (secondary N) is 2. The Bertz CT molecular complexity index is 471. The van der Waals surface area contributed by atoms with Gasteiger partial charge in [-0.3, -0.25) is 4.79 Å². The van der Waals surface area contributed by atoms with Crippen LogP contribution in [0.15, 0.2) is 24.3 Å². The molecule has 4 nitrogen and oxygen atoms in total. The van der Waals surface area contributed by atoms with Crippen LogP contribution < -0.4 is 15.1 Å². The third-order valence-corrected chi connectivity index (χ3v) is 3.79. The van der Waals surface area contributed by atoms with Crippen molar-refractivity contribution in [2.45, 2.75) is 20.8 Å². The van der Waals surface area contributed by atoms with Gasteiger partial charge in [-0.15, -0.1) is 0 Å². The van der Waals surface area contributed by atoms with Gasteiger partial charge in [0.15, 0.2) is 0 Å². The second-order valence-corrected chi connectivity index (χ2v) is 6.67. The number of likely N-dealkylation sites (N-methyl/N-ethyl adjacent to an activating group) is 1. The van der Waals surface area contributed by atoms with Crippen LogP contribution in [-0.4, -0.2) is 39.1 Å². The van der Waals surface area contributed by atoms with Crippen molar-refractivity contribution in [3.05, 3.63) is 24.3 Å². The Balaban J connectivity index is 2.16. The van der Waals surface area contributed by atoms with E-state index in [1.165, 1.54) is 0 Å². The maximum absolute atomic E-state index is 12.2. The van der Waals surface area contributed by atoms with Crippen molar-refractivity contribution < 1.29 is 9.69 Å².